The molecular formula is C24H32IN5O. The number of benzene rings is 1. The van der Waals surface area contributed by atoms with Crippen molar-refractivity contribution >= 4 is 29.9 Å². The number of hydrogen-bond acceptors (Lipinski definition) is 3. The van der Waals surface area contributed by atoms with Gasteiger partial charge in [-0.25, -0.2) is 4.99 Å². The second kappa shape index (κ2) is 11.4. The minimum Gasteiger partial charge on any atom is -0.469 e. The lowest BCUT2D eigenvalue weighted by atomic mass is 9.88. The molecule has 0 aliphatic heterocycles. The van der Waals surface area contributed by atoms with Crippen LogP contribution in [0.25, 0.3) is 0 Å². The number of furan rings is 1. The van der Waals surface area contributed by atoms with Crippen LogP contribution in [0, 0.1) is 0 Å². The molecule has 166 valence electrons. The second-order valence-electron chi connectivity index (χ2n) is 7.90. The Bertz CT molecular complexity index is 980. The Balaban J connectivity index is 0.00000272. The minimum absolute atomic E-state index is 0. The van der Waals surface area contributed by atoms with E-state index in [1.54, 1.807) is 6.26 Å². The average molecular weight is 533 g/mol. The van der Waals surface area contributed by atoms with Gasteiger partial charge in [-0.2, -0.15) is 5.10 Å². The number of rotatable bonds is 7. The molecule has 0 fully saturated rings. The van der Waals surface area contributed by atoms with E-state index in [1.165, 1.54) is 16.7 Å². The fourth-order valence-corrected chi connectivity index (χ4v) is 4.10. The maximum Gasteiger partial charge on any atom is 0.191 e. The molecule has 6 nitrogen and oxygen atoms in total. The largest absolute Gasteiger partial charge is 0.469 e. The quantitative estimate of drug-likeness (QED) is 0.274. The number of nitrogens with one attached hydrogen (secondary N) is 2. The number of aryl methyl sites for hydroxylation is 3. The summed E-state index contributed by atoms with van der Waals surface area (Å²) in [4.78, 5) is 4.90. The molecule has 7 heteroatoms. The van der Waals surface area contributed by atoms with E-state index in [1.807, 2.05) is 23.9 Å². The Morgan fingerprint density at radius 1 is 1.23 bits per heavy atom. The maximum atomic E-state index is 5.46. The first-order chi connectivity index (χ1) is 14.7. The van der Waals surface area contributed by atoms with Crippen molar-refractivity contribution in [2.45, 2.75) is 51.6 Å². The van der Waals surface area contributed by atoms with E-state index < -0.39 is 0 Å². The minimum atomic E-state index is 0. The van der Waals surface area contributed by atoms with Crippen LogP contribution in [-0.2, 0) is 39.3 Å². The van der Waals surface area contributed by atoms with Crippen LogP contribution in [0.2, 0.25) is 0 Å². The van der Waals surface area contributed by atoms with Gasteiger partial charge in [-0.1, -0.05) is 31.2 Å². The van der Waals surface area contributed by atoms with Crippen LogP contribution in [0.5, 0.6) is 0 Å². The van der Waals surface area contributed by atoms with Crippen LogP contribution in [0.4, 0.5) is 0 Å². The van der Waals surface area contributed by atoms with Crippen molar-refractivity contribution in [2.24, 2.45) is 12.0 Å². The SMILES string of the molecule is CCc1nn(C)cc1CN=C(NCCc1ccco1)NC1CCc2ccccc2C1.I. The van der Waals surface area contributed by atoms with E-state index in [-0.39, 0.29) is 24.0 Å². The molecule has 2 heterocycles. The molecule has 4 rings (SSSR count). The van der Waals surface area contributed by atoms with Crippen LogP contribution in [0.1, 0.15) is 41.5 Å². The normalized spacial score (nSPS) is 15.8. The first-order valence-corrected chi connectivity index (χ1v) is 10.9. The van der Waals surface area contributed by atoms with E-state index in [0.717, 1.165) is 56.1 Å². The molecule has 31 heavy (non-hydrogen) atoms. The summed E-state index contributed by atoms with van der Waals surface area (Å²) >= 11 is 0. The van der Waals surface area contributed by atoms with Gasteiger partial charge in [0.15, 0.2) is 5.96 Å². The molecule has 0 bridgehead atoms. The topological polar surface area (TPSA) is 67.4 Å². The zero-order chi connectivity index (χ0) is 20.8. The molecule has 1 unspecified atom stereocenters. The molecule has 1 aromatic carbocycles. The van der Waals surface area contributed by atoms with Crippen molar-refractivity contribution in [1.29, 1.82) is 0 Å². The fourth-order valence-electron chi connectivity index (χ4n) is 4.10. The highest BCUT2D eigenvalue weighted by atomic mass is 127. The van der Waals surface area contributed by atoms with Crippen LogP contribution < -0.4 is 10.6 Å². The van der Waals surface area contributed by atoms with Crippen molar-refractivity contribution in [3.8, 4) is 0 Å². The number of fused-ring (bicyclic) bond motifs is 1. The lowest BCUT2D eigenvalue weighted by Crippen LogP contribution is -2.46. The first-order valence-electron chi connectivity index (χ1n) is 10.9. The summed E-state index contributed by atoms with van der Waals surface area (Å²) in [6.45, 7) is 3.53. The zero-order valence-corrected chi connectivity index (χ0v) is 20.6. The molecule has 1 aliphatic carbocycles. The summed E-state index contributed by atoms with van der Waals surface area (Å²) in [5.41, 5.74) is 5.21. The maximum absolute atomic E-state index is 5.46. The van der Waals surface area contributed by atoms with E-state index >= 15 is 0 Å². The van der Waals surface area contributed by atoms with E-state index in [4.69, 9.17) is 9.41 Å². The highest BCUT2D eigenvalue weighted by molar-refractivity contribution is 14.0. The summed E-state index contributed by atoms with van der Waals surface area (Å²) in [5, 5.41) is 11.7. The van der Waals surface area contributed by atoms with Crippen molar-refractivity contribution in [3.63, 3.8) is 0 Å². The highest BCUT2D eigenvalue weighted by Crippen LogP contribution is 2.21. The molecule has 0 saturated carbocycles. The molecule has 2 N–H and O–H groups in total. The third-order valence-corrected chi connectivity index (χ3v) is 5.67. The van der Waals surface area contributed by atoms with Crippen LogP contribution in [0.3, 0.4) is 0 Å². The van der Waals surface area contributed by atoms with Crippen molar-refractivity contribution in [2.75, 3.05) is 6.54 Å². The summed E-state index contributed by atoms with van der Waals surface area (Å²) in [5.74, 6) is 1.84. The van der Waals surface area contributed by atoms with Crippen molar-refractivity contribution in [1.82, 2.24) is 20.4 Å². The predicted octanol–water partition coefficient (Wildman–Crippen LogP) is 4.03. The number of aliphatic imine (C=N–C) groups is 1. The molecule has 1 aliphatic rings. The monoisotopic (exact) mass is 533 g/mol. The van der Waals surface area contributed by atoms with Gasteiger partial charge in [-0.3, -0.25) is 4.68 Å². The Labute approximate surface area is 201 Å². The fraction of sp³-hybridized carbons (Fsp3) is 0.417. The standard InChI is InChI=1S/C24H31N5O.HI/c1-3-23-20(17-29(2)28-23)16-26-24(25-13-12-22-9-6-14-30-22)27-21-11-10-18-7-4-5-8-19(18)15-21;/h4-9,14,17,21H,3,10-13,15-16H2,1-2H3,(H2,25,26,27);1H. The summed E-state index contributed by atoms with van der Waals surface area (Å²) in [7, 11) is 1.96. The van der Waals surface area contributed by atoms with E-state index in [2.05, 4.69) is 53.1 Å². The number of nitrogens with zero attached hydrogens (tertiary/aromatic N) is 3. The summed E-state index contributed by atoms with van der Waals surface area (Å²) in [6.07, 6.45) is 8.78. The predicted molar refractivity (Wildman–Crippen MR) is 135 cm³/mol. The van der Waals surface area contributed by atoms with E-state index in [0.29, 0.717) is 12.6 Å². The van der Waals surface area contributed by atoms with Gasteiger partial charge in [-0.05, 0) is 48.9 Å². The van der Waals surface area contributed by atoms with Gasteiger partial charge >= 0.3 is 0 Å². The number of guanidine groups is 1. The lowest BCUT2D eigenvalue weighted by molar-refractivity contribution is 0.501. The number of hydrogen-bond donors (Lipinski definition) is 2. The molecule has 0 amide bonds. The number of halogens is 1. The van der Waals surface area contributed by atoms with Gasteiger partial charge in [0.2, 0.25) is 0 Å². The summed E-state index contributed by atoms with van der Waals surface area (Å²) < 4.78 is 7.33. The average Bonchev–Trinajstić information content (AvgIpc) is 3.41. The highest BCUT2D eigenvalue weighted by Gasteiger charge is 2.19. The van der Waals surface area contributed by atoms with Gasteiger partial charge in [0.25, 0.3) is 0 Å². The Hall–Kier alpha value is -2.29. The Kier molecular flexibility index (Phi) is 8.57. The smallest absolute Gasteiger partial charge is 0.191 e. The molecule has 1 atom stereocenters. The molecule has 2 aromatic heterocycles. The first kappa shape index (κ1) is 23.4. The third kappa shape index (κ3) is 6.35. The van der Waals surface area contributed by atoms with Crippen LogP contribution >= 0.6 is 24.0 Å². The Morgan fingerprint density at radius 2 is 2.06 bits per heavy atom. The van der Waals surface area contributed by atoms with Gasteiger partial charge in [0.05, 0.1) is 18.5 Å². The van der Waals surface area contributed by atoms with Gasteiger partial charge < -0.3 is 15.1 Å². The van der Waals surface area contributed by atoms with Crippen molar-refractivity contribution < 1.29 is 4.42 Å². The van der Waals surface area contributed by atoms with Gasteiger partial charge in [-0.15, -0.1) is 24.0 Å². The van der Waals surface area contributed by atoms with Crippen LogP contribution in [-0.4, -0.2) is 28.3 Å². The molecule has 3 aromatic rings. The van der Waals surface area contributed by atoms with E-state index in [9.17, 15) is 0 Å². The third-order valence-electron chi connectivity index (χ3n) is 5.67. The lowest BCUT2D eigenvalue weighted by Gasteiger charge is -2.27. The molecule has 0 spiro atoms. The molecule has 0 radical (unpaired) electrons. The van der Waals surface area contributed by atoms with Crippen LogP contribution in [0.15, 0.2) is 58.3 Å². The van der Waals surface area contributed by atoms with Gasteiger partial charge in [0.1, 0.15) is 5.76 Å². The molecular weight excluding hydrogens is 501 g/mol. The second-order valence-corrected chi connectivity index (χ2v) is 7.90. The number of aromatic nitrogens is 2. The summed E-state index contributed by atoms with van der Waals surface area (Å²) in [6, 6.07) is 13.1. The Morgan fingerprint density at radius 3 is 2.84 bits per heavy atom. The van der Waals surface area contributed by atoms with Crippen molar-refractivity contribution in [3.05, 3.63) is 77.0 Å². The zero-order valence-electron chi connectivity index (χ0n) is 18.3. The van der Waals surface area contributed by atoms with Gasteiger partial charge in [0, 0.05) is 37.8 Å². The molecule has 0 saturated heterocycles.